The van der Waals surface area contributed by atoms with Crippen LogP contribution in [0.3, 0.4) is 0 Å². The summed E-state index contributed by atoms with van der Waals surface area (Å²) in [5.74, 6) is -0.163. The maximum atomic E-state index is 13.6. The smallest absolute Gasteiger partial charge is 0.411 e. The molecule has 1 N–H and O–H groups in total. The minimum Gasteiger partial charge on any atom is -0.465 e. The van der Waals surface area contributed by atoms with Crippen LogP contribution >= 0.6 is 0 Å². The average molecular weight is 486 g/mol. The molecule has 1 atom stereocenters. The van der Waals surface area contributed by atoms with E-state index in [0.717, 1.165) is 21.6 Å². The molecule has 0 aromatic heterocycles. The van der Waals surface area contributed by atoms with E-state index < -0.39 is 23.8 Å². The van der Waals surface area contributed by atoms with Gasteiger partial charge in [-0.1, -0.05) is 72.8 Å². The molecule has 0 bridgehead atoms. The normalized spacial score (nSPS) is 18.4. The molecule has 184 valence electrons. The fourth-order valence-electron chi connectivity index (χ4n) is 5.17. The zero-order valence-corrected chi connectivity index (χ0v) is 19.9. The molecular weight excluding hydrogens is 458 g/mol. The second-order valence-electron chi connectivity index (χ2n) is 9.14. The topological polar surface area (TPSA) is 90.4 Å². The first kappa shape index (κ1) is 23.4. The Labute approximate surface area is 209 Å². The third-order valence-corrected chi connectivity index (χ3v) is 6.95. The van der Waals surface area contributed by atoms with Crippen molar-refractivity contribution < 1.29 is 24.2 Å². The van der Waals surface area contributed by atoms with Crippen LogP contribution in [0.1, 0.15) is 27.0 Å². The van der Waals surface area contributed by atoms with Gasteiger partial charge in [0.15, 0.2) is 5.60 Å². The summed E-state index contributed by atoms with van der Waals surface area (Å²) in [4.78, 5) is 42.5. The molecule has 0 spiro atoms. The SMILES string of the molecule is CN(Cc1cccc(C(=O)N2CCN3C(=O)OC(c4ccccc4)(c4ccccc4)C3C2)c1)C(=O)O. The molecule has 2 fully saturated rings. The van der Waals surface area contributed by atoms with Crippen molar-refractivity contribution >= 4 is 18.1 Å². The molecule has 3 aromatic carbocycles. The van der Waals surface area contributed by atoms with Crippen LogP contribution in [0.2, 0.25) is 0 Å². The number of carbonyl (C=O) groups excluding carboxylic acids is 2. The van der Waals surface area contributed by atoms with E-state index in [1.807, 2.05) is 60.7 Å². The van der Waals surface area contributed by atoms with Crippen molar-refractivity contribution in [2.75, 3.05) is 26.7 Å². The number of amides is 3. The van der Waals surface area contributed by atoms with Gasteiger partial charge in [0.1, 0.15) is 6.04 Å². The van der Waals surface area contributed by atoms with Crippen molar-refractivity contribution in [3.8, 4) is 0 Å². The number of nitrogens with zero attached hydrogens (tertiary/aromatic N) is 3. The largest absolute Gasteiger partial charge is 0.465 e. The van der Waals surface area contributed by atoms with Gasteiger partial charge in [-0.25, -0.2) is 9.59 Å². The number of cyclic esters (lactones) is 1. The molecular formula is C28H27N3O5. The fourth-order valence-corrected chi connectivity index (χ4v) is 5.17. The highest BCUT2D eigenvalue weighted by atomic mass is 16.6. The zero-order chi connectivity index (χ0) is 25.3. The van der Waals surface area contributed by atoms with E-state index in [1.54, 1.807) is 34.1 Å². The van der Waals surface area contributed by atoms with Crippen LogP contribution in [0.15, 0.2) is 84.9 Å². The number of carboxylic acid groups (broad SMARTS) is 1. The van der Waals surface area contributed by atoms with E-state index in [1.165, 1.54) is 7.05 Å². The summed E-state index contributed by atoms with van der Waals surface area (Å²) in [5, 5.41) is 9.18. The third kappa shape index (κ3) is 4.04. The van der Waals surface area contributed by atoms with Crippen molar-refractivity contribution in [2.45, 2.75) is 18.2 Å². The van der Waals surface area contributed by atoms with Crippen LogP contribution in [0.5, 0.6) is 0 Å². The minimum absolute atomic E-state index is 0.163. The molecule has 8 heteroatoms. The van der Waals surface area contributed by atoms with Gasteiger partial charge in [0.05, 0.1) is 0 Å². The molecule has 8 nitrogen and oxygen atoms in total. The summed E-state index contributed by atoms with van der Waals surface area (Å²) < 4.78 is 6.18. The molecule has 0 saturated carbocycles. The summed E-state index contributed by atoms with van der Waals surface area (Å²) in [7, 11) is 1.49. The highest BCUT2D eigenvalue weighted by Gasteiger charge is 2.58. The molecule has 3 amide bonds. The second kappa shape index (κ2) is 9.37. The van der Waals surface area contributed by atoms with E-state index >= 15 is 0 Å². The van der Waals surface area contributed by atoms with Gasteiger partial charge in [-0.05, 0) is 17.7 Å². The first-order valence-electron chi connectivity index (χ1n) is 11.8. The van der Waals surface area contributed by atoms with Gasteiger partial charge < -0.3 is 19.6 Å². The lowest BCUT2D eigenvalue weighted by molar-refractivity contribution is 0.0372. The minimum atomic E-state index is -1.05. The second-order valence-corrected chi connectivity index (χ2v) is 9.14. The first-order chi connectivity index (χ1) is 17.4. The number of fused-ring (bicyclic) bond motifs is 1. The first-order valence-corrected chi connectivity index (χ1v) is 11.8. The number of carbonyl (C=O) groups is 3. The summed E-state index contributed by atoms with van der Waals surface area (Å²) in [6.07, 6.45) is -1.43. The Morgan fingerprint density at radius 3 is 2.22 bits per heavy atom. The molecule has 2 aliphatic heterocycles. The van der Waals surface area contributed by atoms with Crippen LogP contribution in [0.4, 0.5) is 9.59 Å². The monoisotopic (exact) mass is 485 g/mol. The Kier molecular flexibility index (Phi) is 6.10. The molecule has 0 aliphatic carbocycles. The standard InChI is InChI=1S/C28H27N3O5/c1-29(26(33)34)18-20-9-8-10-21(17-20)25(32)30-15-16-31-24(19-30)28(36-27(31)35,22-11-4-2-5-12-22)23-13-6-3-7-14-23/h2-14,17,24H,15-16,18-19H2,1H3,(H,33,34). The number of hydrogen-bond donors (Lipinski definition) is 1. The Morgan fingerprint density at radius 2 is 1.61 bits per heavy atom. The van der Waals surface area contributed by atoms with Crippen molar-refractivity contribution in [3.05, 3.63) is 107 Å². The lowest BCUT2D eigenvalue weighted by atomic mass is 9.79. The lowest BCUT2D eigenvalue weighted by Gasteiger charge is -2.42. The van der Waals surface area contributed by atoms with E-state index in [9.17, 15) is 19.5 Å². The molecule has 3 aromatic rings. The van der Waals surface area contributed by atoms with E-state index in [-0.39, 0.29) is 12.5 Å². The van der Waals surface area contributed by atoms with Gasteiger partial charge >= 0.3 is 12.2 Å². The maximum absolute atomic E-state index is 13.6. The third-order valence-electron chi connectivity index (χ3n) is 6.95. The number of piperazine rings is 1. The fraction of sp³-hybridized carbons (Fsp3) is 0.250. The van der Waals surface area contributed by atoms with E-state index in [2.05, 4.69) is 0 Å². The molecule has 1 unspecified atom stereocenters. The molecule has 5 rings (SSSR count). The van der Waals surface area contributed by atoms with Gasteiger partial charge in [-0.3, -0.25) is 9.69 Å². The summed E-state index contributed by atoms with van der Waals surface area (Å²) in [5.41, 5.74) is 1.86. The summed E-state index contributed by atoms with van der Waals surface area (Å²) >= 11 is 0. The van der Waals surface area contributed by atoms with Gasteiger partial charge in [-0.15, -0.1) is 0 Å². The molecule has 2 aliphatic rings. The summed E-state index contributed by atoms with van der Waals surface area (Å²) in [6, 6.07) is 25.9. The quantitative estimate of drug-likeness (QED) is 0.590. The van der Waals surface area contributed by atoms with Crippen LogP contribution in [0, 0.1) is 0 Å². The predicted octanol–water partition coefficient (Wildman–Crippen LogP) is 4.02. The molecule has 36 heavy (non-hydrogen) atoms. The zero-order valence-electron chi connectivity index (χ0n) is 19.9. The average Bonchev–Trinajstić information content (AvgIpc) is 3.22. The van der Waals surface area contributed by atoms with Crippen molar-refractivity contribution in [2.24, 2.45) is 0 Å². The van der Waals surface area contributed by atoms with Gasteiger partial charge in [0.25, 0.3) is 5.91 Å². The van der Waals surface area contributed by atoms with Crippen molar-refractivity contribution in [1.29, 1.82) is 0 Å². The van der Waals surface area contributed by atoms with Crippen LogP contribution < -0.4 is 0 Å². The van der Waals surface area contributed by atoms with Gasteiger partial charge in [0, 0.05) is 49.9 Å². The highest BCUT2D eigenvalue weighted by Crippen LogP contribution is 2.45. The van der Waals surface area contributed by atoms with Gasteiger partial charge in [0.2, 0.25) is 0 Å². The van der Waals surface area contributed by atoms with Gasteiger partial charge in [-0.2, -0.15) is 0 Å². The van der Waals surface area contributed by atoms with E-state index in [0.29, 0.717) is 25.2 Å². The van der Waals surface area contributed by atoms with Crippen molar-refractivity contribution in [1.82, 2.24) is 14.7 Å². The maximum Gasteiger partial charge on any atom is 0.411 e. The highest BCUT2D eigenvalue weighted by molar-refractivity contribution is 5.94. The molecule has 0 radical (unpaired) electrons. The van der Waals surface area contributed by atoms with E-state index in [4.69, 9.17) is 4.74 Å². The Balaban J connectivity index is 1.48. The van der Waals surface area contributed by atoms with Crippen LogP contribution in [-0.4, -0.2) is 70.6 Å². The van der Waals surface area contributed by atoms with Crippen LogP contribution in [0.25, 0.3) is 0 Å². The van der Waals surface area contributed by atoms with Crippen LogP contribution in [-0.2, 0) is 16.9 Å². The number of benzene rings is 3. The lowest BCUT2D eigenvalue weighted by Crippen LogP contribution is -2.58. The predicted molar refractivity (Wildman–Crippen MR) is 132 cm³/mol. The molecule has 2 saturated heterocycles. The Bertz CT molecular complexity index is 1240. The number of hydrogen-bond acceptors (Lipinski definition) is 4. The molecule has 2 heterocycles. The number of rotatable bonds is 5. The Morgan fingerprint density at radius 1 is 0.972 bits per heavy atom. The van der Waals surface area contributed by atoms with Crippen molar-refractivity contribution in [3.63, 3.8) is 0 Å². The number of ether oxygens (including phenoxy) is 1. The Hall–Kier alpha value is -4.33. The summed E-state index contributed by atoms with van der Waals surface area (Å²) in [6.45, 7) is 1.22.